The summed E-state index contributed by atoms with van der Waals surface area (Å²) in [5.41, 5.74) is 0. The molecule has 2 unspecified atom stereocenters. The lowest BCUT2D eigenvalue weighted by Gasteiger charge is -2.26. The van der Waals surface area contributed by atoms with Crippen LogP contribution in [0.1, 0.15) is 46.5 Å². The van der Waals surface area contributed by atoms with Crippen LogP contribution >= 0.6 is 0 Å². The molecule has 0 spiro atoms. The van der Waals surface area contributed by atoms with Crippen molar-refractivity contribution in [1.29, 1.82) is 0 Å². The van der Waals surface area contributed by atoms with Gasteiger partial charge in [-0.2, -0.15) is 0 Å². The molecule has 0 aromatic rings. The molecule has 3 N–H and O–H groups in total. The summed E-state index contributed by atoms with van der Waals surface area (Å²) in [6.45, 7) is 5.14. The zero-order valence-electron chi connectivity index (χ0n) is 13.3. The van der Waals surface area contributed by atoms with E-state index in [1.165, 1.54) is 6.92 Å². The van der Waals surface area contributed by atoms with E-state index in [0.29, 0.717) is 5.92 Å². The van der Waals surface area contributed by atoms with E-state index >= 15 is 0 Å². The third kappa shape index (κ3) is 6.31. The molecule has 1 amide bonds. The summed E-state index contributed by atoms with van der Waals surface area (Å²) in [7, 11) is -3.70. The van der Waals surface area contributed by atoms with Crippen molar-refractivity contribution in [1.82, 2.24) is 10.0 Å². The minimum Gasteiger partial charge on any atom is -0.481 e. The van der Waals surface area contributed by atoms with Crippen molar-refractivity contribution in [3.8, 4) is 0 Å². The topological polar surface area (TPSA) is 113 Å². The van der Waals surface area contributed by atoms with Crippen LogP contribution < -0.4 is 10.0 Å². The van der Waals surface area contributed by atoms with E-state index in [1.807, 2.05) is 0 Å². The third-order valence-corrected chi connectivity index (χ3v) is 5.55. The van der Waals surface area contributed by atoms with Gasteiger partial charge in [-0.1, -0.05) is 6.92 Å². The van der Waals surface area contributed by atoms with Gasteiger partial charge in [-0.15, -0.1) is 0 Å². The van der Waals surface area contributed by atoms with E-state index in [9.17, 15) is 18.0 Å². The second-order valence-electron chi connectivity index (χ2n) is 6.32. The lowest BCUT2D eigenvalue weighted by atomic mass is 9.88. The number of carbonyl (C=O) groups is 2. The number of carbonyl (C=O) groups excluding carboxylic acids is 1. The van der Waals surface area contributed by atoms with E-state index in [4.69, 9.17) is 5.11 Å². The molecule has 0 radical (unpaired) electrons. The van der Waals surface area contributed by atoms with Crippen LogP contribution in [-0.2, 0) is 19.6 Å². The number of sulfonamides is 1. The van der Waals surface area contributed by atoms with Crippen LogP contribution in [-0.4, -0.2) is 43.2 Å². The second-order valence-corrected chi connectivity index (χ2v) is 8.07. The summed E-state index contributed by atoms with van der Waals surface area (Å²) in [5.74, 6) is -2.56. The summed E-state index contributed by atoms with van der Waals surface area (Å²) >= 11 is 0. The Morgan fingerprint density at radius 1 is 1.18 bits per heavy atom. The molecule has 22 heavy (non-hydrogen) atoms. The van der Waals surface area contributed by atoms with Crippen LogP contribution in [0.5, 0.6) is 0 Å². The lowest BCUT2D eigenvalue weighted by molar-refractivity contribution is -0.142. The van der Waals surface area contributed by atoms with Gasteiger partial charge in [0.15, 0.2) is 0 Å². The molecule has 1 aliphatic carbocycles. The van der Waals surface area contributed by atoms with E-state index in [-0.39, 0.29) is 6.04 Å². The van der Waals surface area contributed by atoms with Gasteiger partial charge in [0, 0.05) is 12.1 Å². The highest BCUT2D eigenvalue weighted by molar-refractivity contribution is 7.90. The Morgan fingerprint density at radius 2 is 1.73 bits per heavy atom. The van der Waals surface area contributed by atoms with Gasteiger partial charge < -0.3 is 10.4 Å². The average Bonchev–Trinajstić information content (AvgIpc) is 2.39. The van der Waals surface area contributed by atoms with Gasteiger partial charge in [-0.05, 0) is 45.4 Å². The van der Waals surface area contributed by atoms with Crippen molar-refractivity contribution in [3.05, 3.63) is 0 Å². The number of hydrogen-bond donors (Lipinski definition) is 3. The first kappa shape index (κ1) is 18.9. The molecular formula is C14H26N2O5S. The summed E-state index contributed by atoms with van der Waals surface area (Å²) in [5, 5.41) is 11.3. The number of nitrogens with one attached hydrogen (secondary N) is 2. The van der Waals surface area contributed by atoms with E-state index in [1.54, 1.807) is 6.92 Å². The van der Waals surface area contributed by atoms with Crippen molar-refractivity contribution < 1.29 is 23.1 Å². The van der Waals surface area contributed by atoms with Gasteiger partial charge >= 0.3 is 5.97 Å². The molecule has 0 aromatic carbocycles. The normalized spacial score (nSPS) is 25.2. The monoisotopic (exact) mass is 334 g/mol. The zero-order valence-corrected chi connectivity index (χ0v) is 14.1. The van der Waals surface area contributed by atoms with Crippen molar-refractivity contribution >= 4 is 21.9 Å². The van der Waals surface area contributed by atoms with Crippen LogP contribution in [0.15, 0.2) is 0 Å². The fourth-order valence-corrected chi connectivity index (χ4v) is 3.74. The van der Waals surface area contributed by atoms with Crippen LogP contribution in [0.3, 0.4) is 0 Å². The van der Waals surface area contributed by atoms with Crippen molar-refractivity contribution in [3.63, 3.8) is 0 Å². The fourth-order valence-electron chi connectivity index (χ4n) is 2.48. The summed E-state index contributed by atoms with van der Waals surface area (Å²) in [6, 6.07) is -0.736. The number of amides is 1. The van der Waals surface area contributed by atoms with Crippen LogP contribution in [0.25, 0.3) is 0 Å². The minimum absolute atomic E-state index is 0.107. The second kappa shape index (κ2) is 7.92. The molecule has 1 fully saturated rings. The van der Waals surface area contributed by atoms with E-state index in [2.05, 4.69) is 17.0 Å². The van der Waals surface area contributed by atoms with Gasteiger partial charge in [0.2, 0.25) is 15.9 Å². The maximum atomic E-state index is 12.0. The predicted molar refractivity (Wildman–Crippen MR) is 82.7 cm³/mol. The quantitative estimate of drug-likeness (QED) is 0.635. The fraction of sp³-hybridized carbons (Fsp3) is 0.857. The Labute approximate surface area is 131 Å². The van der Waals surface area contributed by atoms with Gasteiger partial charge in [0.25, 0.3) is 0 Å². The lowest BCUT2D eigenvalue weighted by Crippen LogP contribution is -2.46. The highest BCUT2D eigenvalue weighted by atomic mass is 32.2. The van der Waals surface area contributed by atoms with Gasteiger partial charge in [0.1, 0.15) is 5.75 Å². The molecule has 0 heterocycles. The SMILES string of the molecule is CC1CCC(NS(=O)(=O)CC(=O)NC(C)C(C)C(=O)O)CC1. The molecule has 0 aromatic heterocycles. The van der Waals surface area contributed by atoms with Crippen molar-refractivity contribution in [2.75, 3.05) is 5.75 Å². The Morgan fingerprint density at radius 3 is 2.23 bits per heavy atom. The molecule has 1 saturated carbocycles. The van der Waals surface area contributed by atoms with Gasteiger partial charge in [-0.25, -0.2) is 13.1 Å². The number of carboxylic acid groups (broad SMARTS) is 1. The van der Waals surface area contributed by atoms with Crippen molar-refractivity contribution in [2.45, 2.75) is 58.5 Å². The first-order valence-corrected chi connectivity index (χ1v) is 9.28. The van der Waals surface area contributed by atoms with Crippen LogP contribution in [0.4, 0.5) is 0 Å². The Bertz CT molecular complexity index is 497. The number of rotatable bonds is 7. The third-order valence-electron chi connectivity index (χ3n) is 4.21. The van der Waals surface area contributed by atoms with Gasteiger partial charge in [-0.3, -0.25) is 9.59 Å². The first-order chi connectivity index (χ1) is 10.1. The Kier molecular flexibility index (Phi) is 6.80. The van der Waals surface area contributed by atoms with Crippen molar-refractivity contribution in [2.24, 2.45) is 11.8 Å². The molecule has 2 atom stereocenters. The molecule has 7 nitrogen and oxygen atoms in total. The average molecular weight is 334 g/mol. The highest BCUT2D eigenvalue weighted by Crippen LogP contribution is 2.23. The van der Waals surface area contributed by atoms with Gasteiger partial charge in [0.05, 0.1) is 5.92 Å². The molecule has 0 aliphatic heterocycles. The summed E-state index contributed by atoms with van der Waals surface area (Å²) < 4.78 is 26.5. The Balaban J connectivity index is 2.46. The molecule has 1 rings (SSSR count). The van der Waals surface area contributed by atoms with Crippen LogP contribution in [0.2, 0.25) is 0 Å². The standard InChI is InChI=1S/C14H26N2O5S/c1-9-4-6-12(7-5-9)16-22(20,21)8-13(17)15-11(3)10(2)14(18)19/h9-12,16H,4-8H2,1-3H3,(H,15,17)(H,18,19). The van der Waals surface area contributed by atoms with E-state index in [0.717, 1.165) is 25.7 Å². The minimum atomic E-state index is -3.70. The summed E-state index contributed by atoms with van der Waals surface area (Å²) in [6.07, 6.45) is 3.53. The largest absolute Gasteiger partial charge is 0.481 e. The zero-order chi connectivity index (χ0) is 16.9. The first-order valence-electron chi connectivity index (χ1n) is 7.63. The highest BCUT2D eigenvalue weighted by Gasteiger charge is 2.26. The number of aliphatic carboxylic acids is 1. The maximum Gasteiger partial charge on any atom is 0.308 e. The van der Waals surface area contributed by atoms with E-state index < -0.39 is 39.6 Å². The maximum absolute atomic E-state index is 12.0. The smallest absolute Gasteiger partial charge is 0.308 e. The number of carboxylic acids is 1. The molecule has 128 valence electrons. The number of hydrogen-bond acceptors (Lipinski definition) is 4. The molecule has 1 aliphatic rings. The van der Waals surface area contributed by atoms with Crippen LogP contribution in [0, 0.1) is 11.8 Å². The predicted octanol–water partition coefficient (Wildman–Crippen LogP) is 0.710. The molecule has 0 saturated heterocycles. The Hall–Kier alpha value is -1.15. The molecular weight excluding hydrogens is 308 g/mol. The molecule has 0 bridgehead atoms. The summed E-state index contributed by atoms with van der Waals surface area (Å²) in [4.78, 5) is 22.6. The molecule has 8 heteroatoms.